The van der Waals surface area contributed by atoms with Gasteiger partial charge in [-0.25, -0.2) is 15.0 Å². The van der Waals surface area contributed by atoms with Gasteiger partial charge in [-0.3, -0.25) is 0 Å². The summed E-state index contributed by atoms with van der Waals surface area (Å²) in [7, 11) is 1.64. The molecule has 8 heteroatoms. The zero-order valence-electron chi connectivity index (χ0n) is 19.6. The molecule has 176 valence electrons. The summed E-state index contributed by atoms with van der Waals surface area (Å²) in [5.41, 5.74) is 5.16. The minimum atomic E-state index is -0.493. The molecule has 1 aliphatic carbocycles. The van der Waals surface area contributed by atoms with E-state index in [0.717, 1.165) is 53.2 Å². The van der Waals surface area contributed by atoms with E-state index >= 15 is 0 Å². The van der Waals surface area contributed by atoms with Crippen LogP contribution in [0, 0.1) is 18.3 Å². The van der Waals surface area contributed by atoms with Crippen molar-refractivity contribution >= 4 is 23.2 Å². The Hall–Kier alpha value is -3.89. The highest BCUT2D eigenvalue weighted by molar-refractivity contribution is 6.30. The van der Waals surface area contributed by atoms with Crippen molar-refractivity contribution < 1.29 is 4.74 Å². The molecule has 0 bridgehead atoms. The number of imidazole rings is 1. The fraction of sp³-hybridized carbons (Fsp3) is 0.259. The first-order chi connectivity index (χ1) is 17.0. The molecule has 4 aromatic rings. The number of fused-ring (bicyclic) bond motifs is 1. The molecule has 0 saturated carbocycles. The van der Waals surface area contributed by atoms with Crippen molar-refractivity contribution in [1.29, 1.82) is 5.26 Å². The number of nitrogens with zero attached hydrogens (tertiary/aromatic N) is 5. The number of hydrogen-bond donors (Lipinski definition) is 1. The van der Waals surface area contributed by atoms with Crippen LogP contribution in [0.2, 0.25) is 5.02 Å². The lowest BCUT2D eigenvalue weighted by Crippen LogP contribution is -2.33. The second kappa shape index (κ2) is 9.40. The highest BCUT2D eigenvalue weighted by Gasteiger charge is 2.40. The fourth-order valence-corrected chi connectivity index (χ4v) is 5.00. The van der Waals surface area contributed by atoms with Gasteiger partial charge in [0.25, 0.3) is 0 Å². The Bertz CT molecular complexity index is 1410. The van der Waals surface area contributed by atoms with E-state index in [1.54, 1.807) is 13.4 Å². The van der Waals surface area contributed by atoms with E-state index < -0.39 is 5.41 Å². The zero-order valence-corrected chi connectivity index (χ0v) is 20.4. The minimum absolute atomic E-state index is 0.338. The maximum atomic E-state index is 9.75. The van der Waals surface area contributed by atoms with E-state index in [4.69, 9.17) is 21.3 Å². The predicted molar refractivity (Wildman–Crippen MR) is 136 cm³/mol. The summed E-state index contributed by atoms with van der Waals surface area (Å²) in [5.74, 6) is 1.18. The summed E-state index contributed by atoms with van der Waals surface area (Å²) < 4.78 is 7.56. The average molecular weight is 485 g/mol. The Kier molecular flexibility index (Phi) is 6.14. The first kappa shape index (κ1) is 22.9. The molecular weight excluding hydrogens is 460 g/mol. The maximum Gasteiger partial charge on any atom is 0.227 e. The number of aromatic nitrogens is 4. The number of rotatable bonds is 6. The molecule has 0 amide bonds. The Morgan fingerprint density at radius 1 is 1.20 bits per heavy atom. The Labute approximate surface area is 209 Å². The number of nitrogens with one attached hydrogen (secondary N) is 1. The molecule has 1 atom stereocenters. The molecule has 2 heterocycles. The fourth-order valence-electron chi connectivity index (χ4n) is 4.87. The topological polar surface area (TPSA) is 88.6 Å². The van der Waals surface area contributed by atoms with Gasteiger partial charge in [0.05, 0.1) is 48.4 Å². The van der Waals surface area contributed by atoms with Gasteiger partial charge in [-0.15, -0.1) is 0 Å². The third-order valence-electron chi connectivity index (χ3n) is 6.57. The van der Waals surface area contributed by atoms with Crippen molar-refractivity contribution in [3.63, 3.8) is 0 Å². The summed E-state index contributed by atoms with van der Waals surface area (Å²) in [6, 6.07) is 16.0. The van der Waals surface area contributed by atoms with Crippen molar-refractivity contribution in [3.8, 4) is 17.5 Å². The minimum Gasteiger partial charge on any atom is -0.494 e. The monoisotopic (exact) mass is 484 g/mol. The number of ether oxygens (including phenoxy) is 1. The molecule has 0 spiro atoms. The number of benzene rings is 2. The largest absolute Gasteiger partial charge is 0.494 e. The Morgan fingerprint density at radius 3 is 2.74 bits per heavy atom. The van der Waals surface area contributed by atoms with Crippen LogP contribution < -0.4 is 10.1 Å². The SMILES string of the molecule is COc1cc(Nc2ncc3c(n2)C(CC#N)(c2ccc(Cl)cc2)CCC3)ccc1-n1cnc(C)c1. The number of aryl methyl sites for hydroxylation is 2. The summed E-state index contributed by atoms with van der Waals surface area (Å²) >= 11 is 6.15. The van der Waals surface area contributed by atoms with Gasteiger partial charge < -0.3 is 14.6 Å². The molecule has 5 rings (SSSR count). The number of hydrogen-bond acceptors (Lipinski definition) is 6. The van der Waals surface area contributed by atoms with Crippen molar-refractivity contribution in [2.75, 3.05) is 12.4 Å². The molecule has 2 aromatic carbocycles. The van der Waals surface area contributed by atoms with Crippen LogP contribution in [0.15, 0.2) is 61.2 Å². The number of nitriles is 1. The Balaban J connectivity index is 1.51. The molecule has 1 aliphatic rings. The van der Waals surface area contributed by atoms with Crippen molar-refractivity contribution in [2.45, 2.75) is 38.0 Å². The average Bonchev–Trinajstić information content (AvgIpc) is 3.31. The van der Waals surface area contributed by atoms with Crippen LogP contribution in [0.25, 0.3) is 5.69 Å². The first-order valence-corrected chi connectivity index (χ1v) is 11.9. The van der Waals surface area contributed by atoms with E-state index in [1.165, 1.54) is 0 Å². The Morgan fingerprint density at radius 2 is 2.03 bits per heavy atom. The van der Waals surface area contributed by atoms with E-state index in [2.05, 4.69) is 21.4 Å². The maximum absolute atomic E-state index is 9.75. The van der Waals surface area contributed by atoms with Gasteiger partial charge in [0.2, 0.25) is 5.95 Å². The molecule has 1 N–H and O–H groups in total. The quantitative estimate of drug-likeness (QED) is 0.366. The van der Waals surface area contributed by atoms with Crippen LogP contribution in [0.3, 0.4) is 0 Å². The van der Waals surface area contributed by atoms with Gasteiger partial charge in [0.15, 0.2) is 0 Å². The smallest absolute Gasteiger partial charge is 0.227 e. The first-order valence-electron chi connectivity index (χ1n) is 11.5. The molecule has 1 unspecified atom stereocenters. The zero-order chi connectivity index (χ0) is 24.4. The van der Waals surface area contributed by atoms with Crippen LogP contribution in [0.5, 0.6) is 5.75 Å². The second-order valence-corrected chi connectivity index (χ2v) is 9.22. The predicted octanol–water partition coefficient (Wildman–Crippen LogP) is 5.91. The van der Waals surface area contributed by atoms with Crippen LogP contribution in [-0.4, -0.2) is 26.6 Å². The van der Waals surface area contributed by atoms with Crippen molar-refractivity contribution in [2.24, 2.45) is 0 Å². The summed E-state index contributed by atoms with van der Waals surface area (Å²) in [6.07, 6.45) is 8.64. The van der Waals surface area contributed by atoms with Crippen LogP contribution in [0.4, 0.5) is 11.6 Å². The van der Waals surface area contributed by atoms with Crippen LogP contribution >= 0.6 is 11.6 Å². The van der Waals surface area contributed by atoms with Gasteiger partial charge in [-0.1, -0.05) is 23.7 Å². The number of anilines is 2. The lowest BCUT2D eigenvalue weighted by Gasteiger charge is -2.37. The van der Waals surface area contributed by atoms with E-state index in [1.807, 2.05) is 66.3 Å². The van der Waals surface area contributed by atoms with E-state index in [9.17, 15) is 5.26 Å². The third kappa shape index (κ3) is 4.33. The van der Waals surface area contributed by atoms with E-state index in [0.29, 0.717) is 23.1 Å². The summed E-state index contributed by atoms with van der Waals surface area (Å²) in [6.45, 7) is 1.95. The molecule has 0 saturated heterocycles. The highest BCUT2D eigenvalue weighted by Crippen LogP contribution is 2.44. The highest BCUT2D eigenvalue weighted by atomic mass is 35.5. The molecule has 7 nitrogen and oxygen atoms in total. The second-order valence-electron chi connectivity index (χ2n) is 8.78. The van der Waals surface area contributed by atoms with Crippen LogP contribution in [0.1, 0.15) is 41.8 Å². The standard InChI is InChI=1S/C27H25ClN6O/c1-18-16-34(17-31-18)23-10-9-22(14-24(23)35-2)32-26-30-15-19-4-3-11-27(12-13-29,25(19)33-26)20-5-7-21(28)8-6-20/h5-10,14-17H,3-4,11-12H2,1-2H3,(H,30,32,33). The third-order valence-corrected chi connectivity index (χ3v) is 6.82. The lowest BCUT2D eigenvalue weighted by molar-refractivity contribution is 0.413. The molecule has 2 aromatic heterocycles. The van der Waals surface area contributed by atoms with Gasteiger partial charge >= 0.3 is 0 Å². The number of methoxy groups -OCH3 is 1. The van der Waals surface area contributed by atoms with Crippen LogP contribution in [-0.2, 0) is 11.8 Å². The molecule has 35 heavy (non-hydrogen) atoms. The van der Waals surface area contributed by atoms with Crippen molar-refractivity contribution in [3.05, 3.63) is 88.7 Å². The molecule has 0 fully saturated rings. The molecule has 0 aliphatic heterocycles. The summed E-state index contributed by atoms with van der Waals surface area (Å²) in [5, 5.41) is 13.7. The molecule has 0 radical (unpaired) electrons. The van der Waals surface area contributed by atoms with Gasteiger partial charge in [-0.2, -0.15) is 5.26 Å². The lowest BCUT2D eigenvalue weighted by atomic mass is 9.67. The van der Waals surface area contributed by atoms with Gasteiger partial charge in [-0.05, 0) is 61.6 Å². The molecular formula is C27H25ClN6O. The van der Waals surface area contributed by atoms with Gasteiger partial charge in [0, 0.05) is 29.2 Å². The normalized spacial score (nSPS) is 16.9. The number of halogens is 1. The van der Waals surface area contributed by atoms with Gasteiger partial charge in [0.1, 0.15) is 5.75 Å². The van der Waals surface area contributed by atoms with Crippen molar-refractivity contribution in [1.82, 2.24) is 19.5 Å². The van der Waals surface area contributed by atoms with E-state index in [-0.39, 0.29) is 0 Å². The summed E-state index contributed by atoms with van der Waals surface area (Å²) in [4.78, 5) is 13.8.